The number of thiophene rings is 1. The highest BCUT2D eigenvalue weighted by Crippen LogP contribution is 2.36. The van der Waals surface area contributed by atoms with Gasteiger partial charge in [-0.2, -0.15) is 13.2 Å². The fourth-order valence-electron chi connectivity index (χ4n) is 3.07. The van der Waals surface area contributed by atoms with Crippen molar-refractivity contribution >= 4 is 41.3 Å². The van der Waals surface area contributed by atoms with Gasteiger partial charge >= 0.3 is 6.18 Å². The van der Waals surface area contributed by atoms with Gasteiger partial charge in [0, 0.05) is 11.4 Å². The Morgan fingerprint density at radius 1 is 1.35 bits per heavy atom. The number of guanidine groups is 1. The van der Waals surface area contributed by atoms with Gasteiger partial charge in [-0.15, -0.1) is 35.3 Å². The molecule has 130 valence electrons. The third-order valence-corrected chi connectivity index (χ3v) is 5.66. The predicted octanol–water partition coefficient (Wildman–Crippen LogP) is 4.51. The number of alkyl halides is 3. The van der Waals surface area contributed by atoms with E-state index in [4.69, 9.17) is 0 Å². The van der Waals surface area contributed by atoms with Crippen molar-refractivity contribution in [3.05, 3.63) is 21.9 Å². The fourth-order valence-corrected chi connectivity index (χ4v) is 3.95. The first-order valence-corrected chi connectivity index (χ1v) is 8.41. The molecule has 2 aliphatic rings. The molecule has 3 heterocycles. The topological polar surface area (TPSA) is 27.6 Å². The first-order valence-electron chi connectivity index (χ1n) is 7.59. The molecule has 1 fully saturated rings. The van der Waals surface area contributed by atoms with Crippen LogP contribution in [0, 0.1) is 5.92 Å². The minimum Gasteiger partial charge on any atom is -0.349 e. The lowest BCUT2D eigenvalue weighted by molar-refractivity contribution is -0.134. The first kappa shape index (κ1) is 18.8. The van der Waals surface area contributed by atoms with Crippen LogP contribution in [-0.2, 0) is 6.18 Å². The zero-order valence-corrected chi connectivity index (χ0v) is 16.2. The summed E-state index contributed by atoms with van der Waals surface area (Å²) in [4.78, 5) is 6.97. The van der Waals surface area contributed by atoms with Crippen LogP contribution in [0.25, 0.3) is 0 Å². The second-order valence-corrected chi connectivity index (χ2v) is 7.33. The van der Waals surface area contributed by atoms with Crippen molar-refractivity contribution in [1.82, 2.24) is 10.2 Å². The molecule has 3 atom stereocenters. The van der Waals surface area contributed by atoms with Gasteiger partial charge in [-0.25, -0.2) is 0 Å². The van der Waals surface area contributed by atoms with E-state index in [9.17, 15) is 13.2 Å². The maximum Gasteiger partial charge on any atom is 0.425 e. The molecule has 0 radical (unpaired) electrons. The zero-order chi connectivity index (χ0) is 15.9. The van der Waals surface area contributed by atoms with Gasteiger partial charge < -0.3 is 10.2 Å². The van der Waals surface area contributed by atoms with Crippen LogP contribution < -0.4 is 5.32 Å². The summed E-state index contributed by atoms with van der Waals surface area (Å²) in [5, 5.41) is 3.30. The van der Waals surface area contributed by atoms with Crippen LogP contribution in [0.5, 0.6) is 0 Å². The van der Waals surface area contributed by atoms with E-state index in [1.165, 1.54) is 6.42 Å². The second-order valence-electron chi connectivity index (χ2n) is 6.22. The van der Waals surface area contributed by atoms with Crippen LogP contribution in [-0.4, -0.2) is 30.0 Å². The molecule has 3 unspecified atom stereocenters. The summed E-state index contributed by atoms with van der Waals surface area (Å²) in [6.45, 7) is 5.88. The number of hydrogen-bond acceptors (Lipinski definition) is 4. The number of hydrogen-bond donors (Lipinski definition) is 1. The summed E-state index contributed by atoms with van der Waals surface area (Å²) in [7, 11) is 0. The van der Waals surface area contributed by atoms with Gasteiger partial charge in [0.15, 0.2) is 5.96 Å². The molecule has 23 heavy (non-hydrogen) atoms. The van der Waals surface area contributed by atoms with Crippen LogP contribution >= 0.6 is 35.3 Å². The second kappa shape index (κ2) is 7.16. The van der Waals surface area contributed by atoms with Crippen molar-refractivity contribution in [2.24, 2.45) is 10.9 Å². The minimum absolute atomic E-state index is 0. The summed E-state index contributed by atoms with van der Waals surface area (Å²) < 4.78 is 38.1. The van der Waals surface area contributed by atoms with Crippen LogP contribution in [0.3, 0.4) is 0 Å². The monoisotopic (exact) mass is 459 g/mol. The van der Waals surface area contributed by atoms with Gasteiger partial charge in [-0.3, -0.25) is 4.99 Å². The molecule has 1 aromatic heterocycles. The Hall–Kier alpha value is -0.510. The number of nitrogens with zero attached hydrogens (tertiary/aromatic N) is 2. The molecule has 3 nitrogen and oxygen atoms in total. The smallest absolute Gasteiger partial charge is 0.349 e. The number of halogens is 4. The van der Waals surface area contributed by atoms with E-state index in [0.29, 0.717) is 16.8 Å². The SMILES string of the molecule is CC1CCC2CN=C(NC(C)c3ccc(C(F)(F)F)s3)N2C1.I. The van der Waals surface area contributed by atoms with Crippen LogP contribution in [0.2, 0.25) is 0 Å². The van der Waals surface area contributed by atoms with Crippen molar-refractivity contribution in [3.8, 4) is 0 Å². The molecular formula is C15H21F3IN3S. The van der Waals surface area contributed by atoms with Crippen LogP contribution in [0.15, 0.2) is 17.1 Å². The number of piperidine rings is 1. The Morgan fingerprint density at radius 3 is 2.74 bits per heavy atom. The van der Waals surface area contributed by atoms with Crippen molar-refractivity contribution in [2.75, 3.05) is 13.1 Å². The maximum absolute atomic E-state index is 12.7. The first-order chi connectivity index (χ1) is 10.3. The largest absolute Gasteiger partial charge is 0.425 e. The Kier molecular flexibility index (Phi) is 5.86. The molecule has 0 amide bonds. The number of rotatable bonds is 2. The Bertz CT molecular complexity index is 573. The number of nitrogens with one attached hydrogen (secondary N) is 1. The predicted molar refractivity (Wildman–Crippen MR) is 97.5 cm³/mol. The zero-order valence-electron chi connectivity index (χ0n) is 13.1. The van der Waals surface area contributed by atoms with Crippen molar-refractivity contribution in [2.45, 2.75) is 44.9 Å². The summed E-state index contributed by atoms with van der Waals surface area (Å²) in [5.74, 6) is 1.47. The maximum atomic E-state index is 12.7. The molecule has 1 N–H and O–H groups in total. The summed E-state index contributed by atoms with van der Waals surface area (Å²) in [6.07, 6.45) is -1.90. The quantitative estimate of drug-likeness (QED) is 0.660. The highest BCUT2D eigenvalue weighted by atomic mass is 127. The van der Waals surface area contributed by atoms with E-state index < -0.39 is 11.1 Å². The molecule has 0 bridgehead atoms. The van der Waals surface area contributed by atoms with E-state index in [0.717, 1.165) is 42.9 Å². The minimum atomic E-state index is -4.26. The normalized spacial score (nSPS) is 25.4. The average molecular weight is 459 g/mol. The van der Waals surface area contributed by atoms with Gasteiger partial charge in [0.2, 0.25) is 0 Å². The number of fused-ring (bicyclic) bond motifs is 1. The molecule has 3 rings (SSSR count). The van der Waals surface area contributed by atoms with Crippen LogP contribution in [0.1, 0.15) is 42.5 Å². The summed E-state index contributed by atoms with van der Waals surface area (Å²) in [6, 6.07) is 2.99. The van der Waals surface area contributed by atoms with Crippen molar-refractivity contribution in [3.63, 3.8) is 0 Å². The van der Waals surface area contributed by atoms with E-state index in [1.54, 1.807) is 6.07 Å². The standard InChI is InChI=1S/C15H20F3N3S.HI/c1-9-3-4-11-7-19-14(21(11)8-9)20-10(2)12-5-6-13(22-12)15(16,17)18;/h5-6,9-11H,3-4,7-8H2,1-2H3,(H,19,20);1H. The summed E-state index contributed by atoms with van der Waals surface area (Å²) in [5.41, 5.74) is 0. The van der Waals surface area contributed by atoms with Gasteiger partial charge in [-0.1, -0.05) is 6.92 Å². The van der Waals surface area contributed by atoms with Crippen molar-refractivity contribution in [1.29, 1.82) is 0 Å². The van der Waals surface area contributed by atoms with Gasteiger partial charge in [0.1, 0.15) is 4.88 Å². The lowest BCUT2D eigenvalue weighted by atomic mass is 9.95. The Labute approximate surface area is 155 Å². The van der Waals surface area contributed by atoms with E-state index in [2.05, 4.69) is 22.1 Å². The molecular weight excluding hydrogens is 438 g/mol. The lowest BCUT2D eigenvalue weighted by Crippen LogP contribution is -2.48. The molecule has 0 aliphatic carbocycles. The highest BCUT2D eigenvalue weighted by Gasteiger charge is 2.35. The third kappa shape index (κ3) is 4.12. The Morgan fingerprint density at radius 2 is 2.09 bits per heavy atom. The van der Waals surface area contributed by atoms with Gasteiger partial charge in [-0.05, 0) is 37.8 Å². The van der Waals surface area contributed by atoms with Crippen LogP contribution in [0.4, 0.5) is 13.2 Å². The molecule has 2 aliphatic heterocycles. The average Bonchev–Trinajstić information content (AvgIpc) is 3.05. The fraction of sp³-hybridized carbons (Fsp3) is 0.667. The molecule has 8 heteroatoms. The van der Waals surface area contributed by atoms with Crippen molar-refractivity contribution < 1.29 is 13.2 Å². The Balaban J connectivity index is 0.00000192. The van der Waals surface area contributed by atoms with E-state index >= 15 is 0 Å². The van der Waals surface area contributed by atoms with E-state index in [-0.39, 0.29) is 30.0 Å². The number of aliphatic imine (C=N–C) groups is 1. The highest BCUT2D eigenvalue weighted by molar-refractivity contribution is 14.0. The molecule has 0 saturated carbocycles. The molecule has 0 spiro atoms. The van der Waals surface area contributed by atoms with Gasteiger partial charge in [0.05, 0.1) is 18.6 Å². The van der Waals surface area contributed by atoms with Gasteiger partial charge in [0.25, 0.3) is 0 Å². The lowest BCUT2D eigenvalue weighted by Gasteiger charge is -2.36. The molecule has 1 saturated heterocycles. The molecule has 1 aromatic rings. The molecule has 0 aromatic carbocycles. The summed E-state index contributed by atoms with van der Waals surface area (Å²) >= 11 is 0.800. The van der Waals surface area contributed by atoms with E-state index in [1.807, 2.05) is 6.92 Å². The third-order valence-electron chi connectivity index (χ3n) is 4.34.